The lowest BCUT2D eigenvalue weighted by atomic mass is 10.1. The van der Waals surface area contributed by atoms with Gasteiger partial charge in [0.15, 0.2) is 0 Å². The summed E-state index contributed by atoms with van der Waals surface area (Å²) < 4.78 is 0. The Morgan fingerprint density at radius 3 is 2.65 bits per heavy atom. The minimum atomic E-state index is -0.510. The van der Waals surface area contributed by atoms with Crippen molar-refractivity contribution in [1.29, 1.82) is 0 Å². The molecule has 0 aliphatic rings. The lowest BCUT2D eigenvalue weighted by molar-refractivity contribution is 0.0901. The standard InChI is InChI=1S/C13H20N2O2/c1-9(2)7-10(16)8-15-13(17)11-5-3-4-6-12(11)14/h3-6,9-10,16H,7-8,14H2,1-2H3,(H,15,17). The topological polar surface area (TPSA) is 75.3 Å². The van der Waals surface area contributed by atoms with Crippen molar-refractivity contribution in [3.05, 3.63) is 29.8 Å². The normalized spacial score (nSPS) is 12.5. The summed E-state index contributed by atoms with van der Waals surface area (Å²) in [4.78, 5) is 11.8. The maximum Gasteiger partial charge on any atom is 0.253 e. The van der Waals surface area contributed by atoms with Crippen LogP contribution in [0.2, 0.25) is 0 Å². The van der Waals surface area contributed by atoms with Gasteiger partial charge in [0.25, 0.3) is 5.91 Å². The van der Waals surface area contributed by atoms with Crippen LogP contribution in [0.25, 0.3) is 0 Å². The number of amides is 1. The number of hydrogen-bond acceptors (Lipinski definition) is 3. The molecule has 1 amide bonds. The monoisotopic (exact) mass is 236 g/mol. The summed E-state index contributed by atoms with van der Waals surface area (Å²) in [6.07, 6.45) is 0.161. The van der Waals surface area contributed by atoms with Crippen molar-refractivity contribution >= 4 is 11.6 Å². The highest BCUT2D eigenvalue weighted by Crippen LogP contribution is 2.10. The Hall–Kier alpha value is -1.55. The van der Waals surface area contributed by atoms with E-state index < -0.39 is 6.10 Å². The molecule has 0 aliphatic heterocycles. The zero-order valence-electron chi connectivity index (χ0n) is 10.3. The summed E-state index contributed by atoms with van der Waals surface area (Å²) in [5, 5.41) is 12.3. The van der Waals surface area contributed by atoms with Crippen LogP contribution in [0.4, 0.5) is 5.69 Å². The first-order valence-corrected chi connectivity index (χ1v) is 5.81. The summed E-state index contributed by atoms with van der Waals surface area (Å²) in [6.45, 7) is 4.31. The second kappa shape index (κ2) is 6.25. The van der Waals surface area contributed by atoms with E-state index in [1.54, 1.807) is 24.3 Å². The van der Waals surface area contributed by atoms with Crippen LogP contribution in [0.15, 0.2) is 24.3 Å². The van der Waals surface area contributed by atoms with Gasteiger partial charge in [0, 0.05) is 12.2 Å². The number of rotatable bonds is 5. The van der Waals surface area contributed by atoms with Gasteiger partial charge in [0.1, 0.15) is 0 Å². The highest BCUT2D eigenvalue weighted by atomic mass is 16.3. The first kappa shape index (κ1) is 13.5. The molecule has 0 saturated carbocycles. The Kier molecular flexibility index (Phi) is 4.97. The fraction of sp³-hybridized carbons (Fsp3) is 0.462. The predicted molar refractivity (Wildman–Crippen MR) is 68.6 cm³/mol. The van der Waals surface area contributed by atoms with Gasteiger partial charge in [-0.25, -0.2) is 0 Å². The molecule has 0 heterocycles. The van der Waals surface area contributed by atoms with Crippen LogP contribution in [-0.2, 0) is 0 Å². The van der Waals surface area contributed by atoms with E-state index in [4.69, 9.17) is 5.73 Å². The minimum absolute atomic E-state index is 0.245. The molecule has 0 radical (unpaired) electrons. The molecule has 0 bridgehead atoms. The minimum Gasteiger partial charge on any atom is -0.398 e. The summed E-state index contributed by atoms with van der Waals surface area (Å²) in [5.41, 5.74) is 6.58. The summed E-state index contributed by atoms with van der Waals surface area (Å²) in [5.74, 6) is 0.162. The van der Waals surface area contributed by atoms with Crippen LogP contribution in [-0.4, -0.2) is 23.7 Å². The lowest BCUT2D eigenvalue weighted by Crippen LogP contribution is -2.33. The summed E-state index contributed by atoms with van der Waals surface area (Å²) >= 11 is 0. The van der Waals surface area contributed by atoms with Crippen LogP contribution in [0.5, 0.6) is 0 Å². The zero-order chi connectivity index (χ0) is 12.8. The maximum atomic E-state index is 11.8. The van der Waals surface area contributed by atoms with E-state index in [0.717, 1.165) is 0 Å². The van der Waals surface area contributed by atoms with Gasteiger partial charge < -0.3 is 16.2 Å². The number of aliphatic hydroxyl groups excluding tert-OH is 1. The Morgan fingerprint density at radius 2 is 2.06 bits per heavy atom. The van der Waals surface area contributed by atoms with E-state index in [1.165, 1.54) is 0 Å². The Morgan fingerprint density at radius 1 is 1.41 bits per heavy atom. The Labute approximate surface area is 102 Å². The fourth-order valence-corrected chi connectivity index (χ4v) is 1.64. The number of carbonyl (C=O) groups excluding carboxylic acids is 1. The van der Waals surface area contributed by atoms with E-state index in [1.807, 2.05) is 13.8 Å². The average Bonchev–Trinajstić information content (AvgIpc) is 2.25. The van der Waals surface area contributed by atoms with Crippen molar-refractivity contribution in [3.63, 3.8) is 0 Å². The molecule has 4 nitrogen and oxygen atoms in total. The molecule has 0 saturated heterocycles. The quantitative estimate of drug-likeness (QED) is 0.676. The summed E-state index contributed by atoms with van der Waals surface area (Å²) in [6, 6.07) is 6.88. The second-order valence-corrected chi connectivity index (χ2v) is 4.58. The van der Waals surface area contributed by atoms with E-state index >= 15 is 0 Å². The molecule has 0 aliphatic carbocycles. The van der Waals surface area contributed by atoms with Gasteiger partial charge in [-0.15, -0.1) is 0 Å². The molecule has 1 rings (SSSR count). The number of anilines is 1. The maximum absolute atomic E-state index is 11.8. The molecular weight excluding hydrogens is 216 g/mol. The molecule has 0 aromatic heterocycles. The predicted octanol–water partition coefficient (Wildman–Crippen LogP) is 1.41. The molecule has 1 aromatic rings. The molecule has 94 valence electrons. The van der Waals surface area contributed by atoms with Gasteiger partial charge in [-0.2, -0.15) is 0 Å². The molecule has 4 heteroatoms. The van der Waals surface area contributed by atoms with Crippen molar-refractivity contribution in [1.82, 2.24) is 5.32 Å². The number of benzene rings is 1. The first-order valence-electron chi connectivity index (χ1n) is 5.81. The van der Waals surface area contributed by atoms with E-state index in [-0.39, 0.29) is 12.5 Å². The number of nitrogens with two attached hydrogens (primary N) is 1. The van der Waals surface area contributed by atoms with Crippen LogP contribution in [0, 0.1) is 5.92 Å². The Bertz CT molecular complexity index is 377. The summed E-state index contributed by atoms with van der Waals surface area (Å²) in [7, 11) is 0. The largest absolute Gasteiger partial charge is 0.398 e. The van der Waals surface area contributed by atoms with Crippen molar-refractivity contribution < 1.29 is 9.90 Å². The van der Waals surface area contributed by atoms with Crippen molar-refractivity contribution in [2.45, 2.75) is 26.4 Å². The van der Waals surface area contributed by atoms with E-state index in [9.17, 15) is 9.90 Å². The van der Waals surface area contributed by atoms with Crippen LogP contribution in [0.1, 0.15) is 30.6 Å². The van der Waals surface area contributed by atoms with Gasteiger partial charge in [-0.05, 0) is 24.5 Å². The molecule has 1 aromatic carbocycles. The number of carbonyl (C=O) groups is 1. The van der Waals surface area contributed by atoms with Gasteiger partial charge in [0.2, 0.25) is 0 Å². The smallest absolute Gasteiger partial charge is 0.253 e. The fourth-order valence-electron chi connectivity index (χ4n) is 1.64. The third-order valence-electron chi connectivity index (χ3n) is 2.45. The number of para-hydroxylation sites is 1. The Balaban J connectivity index is 2.48. The van der Waals surface area contributed by atoms with Crippen LogP contribution in [0.3, 0.4) is 0 Å². The van der Waals surface area contributed by atoms with Crippen molar-refractivity contribution in [2.24, 2.45) is 5.92 Å². The van der Waals surface area contributed by atoms with Crippen molar-refractivity contribution in [2.75, 3.05) is 12.3 Å². The van der Waals surface area contributed by atoms with E-state index in [0.29, 0.717) is 23.6 Å². The van der Waals surface area contributed by atoms with Gasteiger partial charge in [-0.3, -0.25) is 4.79 Å². The third kappa shape index (κ3) is 4.44. The number of aliphatic hydroxyl groups is 1. The van der Waals surface area contributed by atoms with Gasteiger partial charge in [-0.1, -0.05) is 26.0 Å². The molecular formula is C13H20N2O2. The molecule has 0 spiro atoms. The van der Waals surface area contributed by atoms with Gasteiger partial charge >= 0.3 is 0 Å². The lowest BCUT2D eigenvalue weighted by Gasteiger charge is -2.14. The van der Waals surface area contributed by atoms with E-state index in [2.05, 4.69) is 5.32 Å². The van der Waals surface area contributed by atoms with Crippen LogP contribution < -0.4 is 11.1 Å². The SMILES string of the molecule is CC(C)CC(O)CNC(=O)c1ccccc1N. The molecule has 4 N–H and O–H groups in total. The molecule has 0 fully saturated rings. The average molecular weight is 236 g/mol. The zero-order valence-corrected chi connectivity index (χ0v) is 10.3. The number of hydrogen-bond donors (Lipinski definition) is 3. The molecule has 17 heavy (non-hydrogen) atoms. The molecule has 1 unspecified atom stereocenters. The van der Waals surface area contributed by atoms with Crippen LogP contribution >= 0.6 is 0 Å². The highest BCUT2D eigenvalue weighted by Gasteiger charge is 2.11. The second-order valence-electron chi connectivity index (χ2n) is 4.58. The number of nitrogen functional groups attached to an aromatic ring is 1. The van der Waals surface area contributed by atoms with Crippen molar-refractivity contribution in [3.8, 4) is 0 Å². The first-order chi connectivity index (χ1) is 8.00. The van der Waals surface area contributed by atoms with Gasteiger partial charge in [0.05, 0.1) is 11.7 Å². The molecule has 1 atom stereocenters. The number of nitrogens with one attached hydrogen (secondary N) is 1. The third-order valence-corrected chi connectivity index (χ3v) is 2.45. The highest BCUT2D eigenvalue weighted by molar-refractivity contribution is 5.99.